The predicted molar refractivity (Wildman–Crippen MR) is 85.7 cm³/mol. The molecular formula is C15H20N4OS. The van der Waals surface area contributed by atoms with E-state index < -0.39 is 0 Å². The summed E-state index contributed by atoms with van der Waals surface area (Å²) < 4.78 is 5.67. The monoisotopic (exact) mass is 304 g/mol. The Bertz CT molecular complexity index is 596. The number of aromatic nitrogens is 2. The molecule has 0 aliphatic heterocycles. The standard InChI is InChI=1S/C15H20N4OS/c1-10(2)20-15-13(16)14(17-9-18-15)19(12-3-4-12)7-11-5-6-21-8-11/h5-6,8-10,12H,3-4,7,16H2,1-2H3. The minimum atomic E-state index is 0.0429. The quantitative estimate of drug-likeness (QED) is 0.888. The number of hydrogen-bond donors (Lipinski definition) is 1. The van der Waals surface area contributed by atoms with Crippen LogP contribution >= 0.6 is 11.3 Å². The Balaban J connectivity index is 1.88. The molecule has 1 fully saturated rings. The number of thiophene rings is 1. The Morgan fingerprint density at radius 1 is 1.43 bits per heavy atom. The molecule has 1 saturated carbocycles. The third-order valence-electron chi connectivity index (χ3n) is 3.37. The molecule has 2 N–H and O–H groups in total. The van der Waals surface area contributed by atoms with Crippen molar-refractivity contribution in [2.45, 2.75) is 45.4 Å². The Labute approximate surface area is 128 Å². The lowest BCUT2D eigenvalue weighted by Gasteiger charge is -2.25. The van der Waals surface area contributed by atoms with Crippen LogP contribution < -0.4 is 15.4 Å². The van der Waals surface area contributed by atoms with Crippen LogP contribution in [0, 0.1) is 0 Å². The molecule has 2 heterocycles. The fourth-order valence-corrected chi connectivity index (χ4v) is 2.92. The first kappa shape index (κ1) is 14.1. The number of nitrogens with two attached hydrogens (primary N) is 1. The van der Waals surface area contributed by atoms with Crippen molar-refractivity contribution in [3.63, 3.8) is 0 Å². The largest absolute Gasteiger partial charge is 0.473 e. The first-order valence-corrected chi connectivity index (χ1v) is 8.14. The fraction of sp³-hybridized carbons (Fsp3) is 0.467. The highest BCUT2D eigenvalue weighted by Gasteiger charge is 2.32. The summed E-state index contributed by atoms with van der Waals surface area (Å²) in [6.07, 6.45) is 3.95. The van der Waals surface area contributed by atoms with Gasteiger partial charge in [-0.2, -0.15) is 16.3 Å². The Hall–Kier alpha value is -1.82. The van der Waals surface area contributed by atoms with E-state index in [1.165, 1.54) is 24.7 Å². The molecule has 5 nitrogen and oxygen atoms in total. The molecule has 2 aromatic rings. The highest BCUT2D eigenvalue weighted by atomic mass is 32.1. The van der Waals surface area contributed by atoms with Gasteiger partial charge in [0.1, 0.15) is 12.0 Å². The van der Waals surface area contributed by atoms with Gasteiger partial charge in [0.2, 0.25) is 5.88 Å². The minimum absolute atomic E-state index is 0.0429. The minimum Gasteiger partial charge on any atom is -0.473 e. The zero-order chi connectivity index (χ0) is 14.8. The van der Waals surface area contributed by atoms with Crippen LogP contribution in [0.5, 0.6) is 5.88 Å². The molecule has 3 rings (SSSR count). The molecular weight excluding hydrogens is 284 g/mol. The van der Waals surface area contributed by atoms with E-state index in [-0.39, 0.29) is 6.10 Å². The summed E-state index contributed by atoms with van der Waals surface area (Å²) in [5.74, 6) is 1.26. The molecule has 112 valence electrons. The Kier molecular flexibility index (Phi) is 3.96. The molecule has 0 saturated heterocycles. The molecule has 21 heavy (non-hydrogen) atoms. The fourth-order valence-electron chi connectivity index (χ4n) is 2.26. The van der Waals surface area contributed by atoms with Gasteiger partial charge in [-0.3, -0.25) is 0 Å². The van der Waals surface area contributed by atoms with E-state index in [1.54, 1.807) is 11.3 Å². The number of hydrogen-bond acceptors (Lipinski definition) is 6. The smallest absolute Gasteiger partial charge is 0.242 e. The normalized spacial score (nSPS) is 14.4. The summed E-state index contributed by atoms with van der Waals surface area (Å²) in [6.45, 7) is 4.76. The molecule has 0 unspecified atom stereocenters. The highest BCUT2D eigenvalue weighted by Crippen LogP contribution is 2.37. The zero-order valence-corrected chi connectivity index (χ0v) is 13.1. The topological polar surface area (TPSA) is 64.3 Å². The summed E-state index contributed by atoms with van der Waals surface area (Å²) >= 11 is 1.71. The molecule has 0 bridgehead atoms. The molecule has 1 aliphatic rings. The maximum absolute atomic E-state index is 6.24. The third kappa shape index (κ3) is 3.26. The maximum Gasteiger partial charge on any atom is 0.242 e. The van der Waals surface area contributed by atoms with E-state index in [0.717, 1.165) is 12.4 Å². The van der Waals surface area contributed by atoms with Crippen molar-refractivity contribution in [2.24, 2.45) is 0 Å². The van der Waals surface area contributed by atoms with Crippen LogP contribution in [-0.2, 0) is 6.54 Å². The molecule has 2 aromatic heterocycles. The van der Waals surface area contributed by atoms with Gasteiger partial charge in [0.25, 0.3) is 0 Å². The molecule has 0 atom stereocenters. The summed E-state index contributed by atoms with van der Waals surface area (Å²) in [6, 6.07) is 2.66. The molecule has 1 aliphatic carbocycles. The van der Waals surface area contributed by atoms with E-state index >= 15 is 0 Å². The summed E-state index contributed by atoms with van der Waals surface area (Å²) in [7, 11) is 0. The van der Waals surface area contributed by atoms with E-state index in [4.69, 9.17) is 10.5 Å². The van der Waals surface area contributed by atoms with E-state index in [2.05, 4.69) is 31.7 Å². The second-order valence-electron chi connectivity index (χ2n) is 5.57. The first-order chi connectivity index (χ1) is 10.1. The van der Waals surface area contributed by atoms with Gasteiger partial charge < -0.3 is 15.4 Å². The van der Waals surface area contributed by atoms with Crippen molar-refractivity contribution in [1.82, 2.24) is 9.97 Å². The van der Waals surface area contributed by atoms with Gasteiger partial charge in [-0.15, -0.1) is 0 Å². The van der Waals surface area contributed by atoms with Gasteiger partial charge in [-0.05, 0) is 49.1 Å². The number of anilines is 2. The lowest BCUT2D eigenvalue weighted by molar-refractivity contribution is 0.234. The number of rotatable bonds is 6. The SMILES string of the molecule is CC(C)Oc1ncnc(N(Cc2ccsc2)C2CC2)c1N. The van der Waals surface area contributed by atoms with E-state index in [1.807, 2.05) is 13.8 Å². The second-order valence-corrected chi connectivity index (χ2v) is 6.35. The zero-order valence-electron chi connectivity index (χ0n) is 12.3. The molecule has 0 amide bonds. The van der Waals surface area contributed by atoms with Crippen molar-refractivity contribution in [3.05, 3.63) is 28.7 Å². The van der Waals surface area contributed by atoms with E-state index in [0.29, 0.717) is 17.6 Å². The Morgan fingerprint density at radius 2 is 2.24 bits per heavy atom. The van der Waals surface area contributed by atoms with Crippen LogP contribution in [0.25, 0.3) is 0 Å². The van der Waals surface area contributed by atoms with Gasteiger partial charge in [-0.25, -0.2) is 4.98 Å². The van der Waals surface area contributed by atoms with Crippen LogP contribution in [0.1, 0.15) is 32.3 Å². The van der Waals surface area contributed by atoms with Crippen LogP contribution in [0.2, 0.25) is 0 Å². The summed E-state index contributed by atoms with van der Waals surface area (Å²) in [5.41, 5.74) is 8.06. The van der Waals surface area contributed by atoms with Crippen molar-refractivity contribution in [1.29, 1.82) is 0 Å². The van der Waals surface area contributed by atoms with Gasteiger partial charge >= 0.3 is 0 Å². The molecule has 0 aromatic carbocycles. The van der Waals surface area contributed by atoms with Gasteiger partial charge in [0.05, 0.1) is 6.10 Å². The molecule has 6 heteroatoms. The third-order valence-corrected chi connectivity index (χ3v) is 4.10. The van der Waals surface area contributed by atoms with Gasteiger partial charge in [-0.1, -0.05) is 0 Å². The lowest BCUT2D eigenvalue weighted by Crippen LogP contribution is -2.27. The second kappa shape index (κ2) is 5.89. The van der Waals surface area contributed by atoms with Gasteiger partial charge in [0, 0.05) is 12.6 Å². The number of nitrogens with zero attached hydrogens (tertiary/aromatic N) is 3. The van der Waals surface area contributed by atoms with Crippen molar-refractivity contribution in [3.8, 4) is 5.88 Å². The summed E-state index contributed by atoms with van der Waals surface area (Å²) in [4.78, 5) is 10.8. The average Bonchev–Trinajstić information content (AvgIpc) is 3.16. The van der Waals surface area contributed by atoms with Crippen LogP contribution in [0.4, 0.5) is 11.5 Å². The average molecular weight is 304 g/mol. The number of nitrogen functional groups attached to an aromatic ring is 1. The molecule has 0 spiro atoms. The predicted octanol–water partition coefficient (Wildman–Crippen LogP) is 3.08. The maximum atomic E-state index is 6.24. The van der Waals surface area contributed by atoms with Crippen LogP contribution in [-0.4, -0.2) is 22.1 Å². The Morgan fingerprint density at radius 3 is 2.86 bits per heavy atom. The van der Waals surface area contributed by atoms with Crippen molar-refractivity contribution >= 4 is 22.8 Å². The number of ether oxygens (including phenoxy) is 1. The van der Waals surface area contributed by atoms with Crippen LogP contribution in [0.15, 0.2) is 23.2 Å². The van der Waals surface area contributed by atoms with E-state index in [9.17, 15) is 0 Å². The highest BCUT2D eigenvalue weighted by molar-refractivity contribution is 7.07. The van der Waals surface area contributed by atoms with Crippen LogP contribution in [0.3, 0.4) is 0 Å². The van der Waals surface area contributed by atoms with Gasteiger partial charge in [0.15, 0.2) is 5.82 Å². The van der Waals surface area contributed by atoms with Crippen molar-refractivity contribution < 1.29 is 4.74 Å². The molecule has 0 radical (unpaired) electrons. The lowest BCUT2D eigenvalue weighted by atomic mass is 10.3. The van der Waals surface area contributed by atoms with Crippen molar-refractivity contribution in [2.75, 3.05) is 10.6 Å². The first-order valence-electron chi connectivity index (χ1n) is 7.20. The summed E-state index contributed by atoms with van der Waals surface area (Å²) in [5, 5.41) is 4.26.